The highest BCUT2D eigenvalue weighted by Gasteiger charge is 2.31. The van der Waals surface area contributed by atoms with Gasteiger partial charge in [0.1, 0.15) is 0 Å². The van der Waals surface area contributed by atoms with E-state index in [1.165, 1.54) is 18.2 Å². The predicted octanol–water partition coefficient (Wildman–Crippen LogP) is 3.19. The first kappa shape index (κ1) is 20.9. The number of rotatable bonds is 8. The van der Waals surface area contributed by atoms with Crippen molar-refractivity contribution < 1.29 is 19.5 Å². The SMILES string of the molecule is [N-]=[N+]=NCc1ccc(C(=O)N(N)[C@@H](CC(=O)c2ccccc2)C(=O)O)c(Cl)c1. The van der Waals surface area contributed by atoms with Crippen LogP contribution in [0.25, 0.3) is 10.4 Å². The lowest BCUT2D eigenvalue weighted by molar-refractivity contribution is -0.142. The number of hydrazine groups is 1. The van der Waals surface area contributed by atoms with E-state index < -0.39 is 30.1 Å². The molecule has 2 aromatic rings. The fraction of sp³-hybridized carbons (Fsp3) is 0.167. The van der Waals surface area contributed by atoms with Crippen LogP contribution in [-0.4, -0.2) is 33.8 Å². The number of carbonyl (C=O) groups is 3. The van der Waals surface area contributed by atoms with Crippen LogP contribution in [0.4, 0.5) is 0 Å². The number of carboxylic acids is 1. The topological polar surface area (TPSA) is 149 Å². The lowest BCUT2D eigenvalue weighted by atomic mass is 10.0. The van der Waals surface area contributed by atoms with Crippen LogP contribution in [0.1, 0.15) is 32.7 Å². The molecule has 1 atom stereocenters. The molecule has 0 heterocycles. The van der Waals surface area contributed by atoms with Crippen molar-refractivity contribution in [3.8, 4) is 0 Å². The van der Waals surface area contributed by atoms with Gasteiger partial charge < -0.3 is 5.11 Å². The first-order chi connectivity index (χ1) is 13.3. The van der Waals surface area contributed by atoms with E-state index in [-0.39, 0.29) is 17.1 Å². The van der Waals surface area contributed by atoms with Crippen molar-refractivity contribution in [2.24, 2.45) is 11.0 Å². The molecule has 2 aromatic carbocycles. The van der Waals surface area contributed by atoms with E-state index in [0.717, 1.165) is 0 Å². The zero-order chi connectivity index (χ0) is 20.7. The van der Waals surface area contributed by atoms with Crippen molar-refractivity contribution in [1.82, 2.24) is 5.01 Å². The average molecular weight is 402 g/mol. The minimum atomic E-state index is -1.57. The minimum absolute atomic E-state index is 0.0182. The highest BCUT2D eigenvalue weighted by Crippen LogP contribution is 2.21. The number of Topliss-reactive ketones (excluding diaryl/α,β-unsaturated/α-hetero) is 1. The molecule has 0 bridgehead atoms. The van der Waals surface area contributed by atoms with E-state index in [1.807, 2.05) is 0 Å². The molecule has 0 fully saturated rings. The molecule has 9 nitrogen and oxygen atoms in total. The molecule has 10 heteroatoms. The molecule has 0 aliphatic carbocycles. The first-order valence-corrected chi connectivity index (χ1v) is 8.41. The normalized spacial score (nSPS) is 11.2. The molecule has 3 N–H and O–H groups in total. The maximum Gasteiger partial charge on any atom is 0.328 e. The van der Waals surface area contributed by atoms with Crippen molar-refractivity contribution in [1.29, 1.82) is 0 Å². The summed E-state index contributed by atoms with van der Waals surface area (Å²) in [5, 5.41) is 13.3. The summed E-state index contributed by atoms with van der Waals surface area (Å²) in [7, 11) is 0. The molecule has 0 aliphatic rings. The molecular formula is C18H16ClN5O4. The average Bonchev–Trinajstić information content (AvgIpc) is 2.69. The highest BCUT2D eigenvalue weighted by molar-refractivity contribution is 6.34. The number of aliphatic carboxylic acids is 1. The van der Waals surface area contributed by atoms with Crippen LogP contribution in [-0.2, 0) is 11.3 Å². The van der Waals surface area contributed by atoms with Gasteiger partial charge in [0.2, 0.25) is 0 Å². The number of benzene rings is 2. The zero-order valence-electron chi connectivity index (χ0n) is 14.5. The van der Waals surface area contributed by atoms with Crippen molar-refractivity contribution in [2.75, 3.05) is 0 Å². The molecule has 144 valence electrons. The molecule has 1 amide bonds. The number of carboxylic acid groups (broad SMARTS) is 1. The third-order valence-electron chi connectivity index (χ3n) is 3.91. The number of nitrogens with zero attached hydrogens (tertiary/aromatic N) is 4. The lowest BCUT2D eigenvalue weighted by Gasteiger charge is -2.24. The van der Waals surface area contributed by atoms with Gasteiger partial charge in [-0.15, -0.1) is 0 Å². The van der Waals surface area contributed by atoms with Crippen LogP contribution in [0.3, 0.4) is 0 Å². The van der Waals surface area contributed by atoms with E-state index in [9.17, 15) is 19.5 Å². The zero-order valence-corrected chi connectivity index (χ0v) is 15.3. The number of hydrogen-bond acceptors (Lipinski definition) is 5. The Hall–Kier alpha value is -3.39. The molecular weight excluding hydrogens is 386 g/mol. The van der Waals surface area contributed by atoms with Crippen molar-refractivity contribution in [3.05, 3.63) is 80.7 Å². The van der Waals surface area contributed by atoms with E-state index in [2.05, 4.69) is 10.0 Å². The van der Waals surface area contributed by atoms with Crippen LogP contribution in [0, 0.1) is 0 Å². The van der Waals surface area contributed by atoms with E-state index >= 15 is 0 Å². The molecule has 28 heavy (non-hydrogen) atoms. The molecule has 0 unspecified atom stereocenters. The van der Waals surface area contributed by atoms with Gasteiger partial charge in [0.05, 0.1) is 17.1 Å². The van der Waals surface area contributed by atoms with Gasteiger partial charge in [-0.25, -0.2) is 10.6 Å². The standard InChI is InChI=1S/C18H16ClN5O4/c19-14-8-11(10-22-23-20)6-7-13(14)17(26)24(21)15(18(27)28)9-16(25)12-4-2-1-3-5-12/h1-8,15H,9-10,21H2,(H,27,28)/t15-/m0/s1. The maximum atomic E-state index is 12.6. The van der Waals surface area contributed by atoms with E-state index in [4.69, 9.17) is 23.0 Å². The van der Waals surface area contributed by atoms with Crippen LogP contribution in [0.15, 0.2) is 53.6 Å². The number of halogens is 1. The summed E-state index contributed by atoms with van der Waals surface area (Å²) in [5.41, 5.74) is 9.19. The van der Waals surface area contributed by atoms with Crippen LogP contribution < -0.4 is 5.84 Å². The lowest BCUT2D eigenvalue weighted by Crippen LogP contribution is -2.50. The third-order valence-corrected chi connectivity index (χ3v) is 4.22. The number of nitrogens with two attached hydrogens (primary N) is 1. The van der Waals surface area contributed by atoms with Gasteiger partial charge >= 0.3 is 5.97 Å². The quantitative estimate of drug-likeness (QED) is 0.132. The summed E-state index contributed by atoms with van der Waals surface area (Å²) in [5.74, 6) is 2.99. The number of azide groups is 1. The Kier molecular flexibility index (Phi) is 7.11. The second-order valence-electron chi connectivity index (χ2n) is 5.76. The van der Waals surface area contributed by atoms with Gasteiger partial charge in [-0.1, -0.05) is 53.1 Å². The summed E-state index contributed by atoms with van der Waals surface area (Å²) in [6, 6.07) is 10.8. The van der Waals surface area contributed by atoms with Crippen LogP contribution >= 0.6 is 11.6 Å². The highest BCUT2D eigenvalue weighted by atomic mass is 35.5. The van der Waals surface area contributed by atoms with Crippen molar-refractivity contribution in [2.45, 2.75) is 19.0 Å². The Morgan fingerprint density at radius 3 is 2.46 bits per heavy atom. The van der Waals surface area contributed by atoms with Gasteiger partial charge in [-0.2, -0.15) is 0 Å². The van der Waals surface area contributed by atoms with Gasteiger partial charge in [-0.05, 0) is 23.2 Å². The fourth-order valence-corrected chi connectivity index (χ4v) is 2.73. The molecule has 0 radical (unpaired) electrons. The number of hydrogen-bond donors (Lipinski definition) is 2. The summed E-state index contributed by atoms with van der Waals surface area (Å²) < 4.78 is 0. The van der Waals surface area contributed by atoms with Gasteiger partial charge in [0, 0.05) is 16.9 Å². The third kappa shape index (κ3) is 5.08. The monoisotopic (exact) mass is 401 g/mol. The molecule has 0 aliphatic heterocycles. The van der Waals surface area contributed by atoms with Crippen molar-refractivity contribution in [3.63, 3.8) is 0 Å². The molecule has 0 aromatic heterocycles. The molecule has 0 saturated carbocycles. The van der Waals surface area contributed by atoms with E-state index in [0.29, 0.717) is 16.1 Å². The number of carbonyl (C=O) groups excluding carboxylic acids is 2. The molecule has 0 saturated heterocycles. The summed E-state index contributed by atoms with van der Waals surface area (Å²) >= 11 is 6.08. The predicted molar refractivity (Wildman–Crippen MR) is 101 cm³/mol. The van der Waals surface area contributed by atoms with Crippen molar-refractivity contribution >= 4 is 29.3 Å². The van der Waals surface area contributed by atoms with Crippen LogP contribution in [0.5, 0.6) is 0 Å². The second kappa shape index (κ2) is 9.52. The number of ketones is 1. The Bertz CT molecular complexity index is 944. The molecule has 2 rings (SSSR count). The number of amides is 1. The van der Waals surface area contributed by atoms with Gasteiger partial charge in [0.15, 0.2) is 11.8 Å². The van der Waals surface area contributed by atoms with Gasteiger partial charge in [0.25, 0.3) is 5.91 Å². The first-order valence-electron chi connectivity index (χ1n) is 8.03. The molecule has 0 spiro atoms. The minimum Gasteiger partial charge on any atom is -0.480 e. The summed E-state index contributed by atoms with van der Waals surface area (Å²) in [6.45, 7) is 0.0420. The van der Waals surface area contributed by atoms with E-state index in [1.54, 1.807) is 30.3 Å². The Balaban J connectivity index is 2.21. The summed E-state index contributed by atoms with van der Waals surface area (Å²) in [4.78, 5) is 39.2. The Morgan fingerprint density at radius 1 is 1.21 bits per heavy atom. The maximum absolute atomic E-state index is 12.6. The van der Waals surface area contributed by atoms with Crippen LogP contribution in [0.2, 0.25) is 5.02 Å². The summed E-state index contributed by atoms with van der Waals surface area (Å²) in [6.07, 6.45) is -0.492. The Morgan fingerprint density at radius 2 is 1.89 bits per heavy atom. The fourth-order valence-electron chi connectivity index (χ4n) is 2.45. The largest absolute Gasteiger partial charge is 0.480 e. The smallest absolute Gasteiger partial charge is 0.328 e. The van der Waals surface area contributed by atoms with Gasteiger partial charge in [-0.3, -0.25) is 14.6 Å². The Labute approximate surface area is 164 Å². The second-order valence-corrected chi connectivity index (χ2v) is 6.17.